The summed E-state index contributed by atoms with van der Waals surface area (Å²) < 4.78 is 10.7. The van der Waals surface area contributed by atoms with E-state index in [-0.39, 0.29) is 0 Å². The average molecular weight is 355 g/mol. The van der Waals surface area contributed by atoms with Crippen molar-refractivity contribution in [3.8, 4) is 17.6 Å². The molecular formula is C23H17NO3. The van der Waals surface area contributed by atoms with Crippen LogP contribution in [-0.4, -0.2) is 13.1 Å². The zero-order valence-electron chi connectivity index (χ0n) is 14.8. The summed E-state index contributed by atoms with van der Waals surface area (Å²) in [5.41, 5.74) is 2.52. The van der Waals surface area contributed by atoms with E-state index in [2.05, 4.69) is 6.07 Å². The number of hydrogen-bond acceptors (Lipinski definition) is 4. The molecule has 0 unspecified atom stereocenters. The minimum absolute atomic E-state index is 0.411. The van der Waals surface area contributed by atoms with Crippen molar-refractivity contribution in [1.82, 2.24) is 0 Å². The Balaban J connectivity index is 1.79. The summed E-state index contributed by atoms with van der Waals surface area (Å²) in [6.07, 6.45) is 1.76. The van der Waals surface area contributed by atoms with Gasteiger partial charge in [0.05, 0.1) is 24.3 Å². The third kappa shape index (κ3) is 4.42. The second-order valence-corrected chi connectivity index (χ2v) is 5.69. The number of carbonyl (C=O) groups excluding carboxylic acids is 1. The van der Waals surface area contributed by atoms with Crippen LogP contribution in [0.3, 0.4) is 0 Å². The molecular weight excluding hydrogens is 338 g/mol. The van der Waals surface area contributed by atoms with Crippen LogP contribution < -0.4 is 9.47 Å². The fourth-order valence-corrected chi connectivity index (χ4v) is 2.58. The molecule has 0 fully saturated rings. The molecule has 0 amide bonds. The first-order valence-corrected chi connectivity index (χ1v) is 8.34. The van der Waals surface area contributed by atoms with E-state index in [4.69, 9.17) is 9.47 Å². The summed E-state index contributed by atoms with van der Waals surface area (Å²) in [6, 6.07) is 25.4. The highest BCUT2D eigenvalue weighted by molar-refractivity contribution is 5.92. The van der Waals surface area contributed by atoms with Crippen molar-refractivity contribution in [1.29, 1.82) is 5.26 Å². The van der Waals surface area contributed by atoms with E-state index in [9.17, 15) is 10.1 Å². The Hall–Kier alpha value is -3.84. The van der Waals surface area contributed by atoms with Crippen LogP contribution in [0, 0.1) is 11.3 Å². The van der Waals surface area contributed by atoms with Crippen molar-refractivity contribution in [3.63, 3.8) is 0 Å². The number of esters is 1. The highest BCUT2D eigenvalue weighted by Crippen LogP contribution is 2.27. The smallest absolute Gasteiger partial charge is 0.343 e. The first kappa shape index (κ1) is 18.0. The van der Waals surface area contributed by atoms with Crippen LogP contribution in [0.4, 0.5) is 0 Å². The van der Waals surface area contributed by atoms with Gasteiger partial charge >= 0.3 is 5.97 Å². The molecule has 0 bridgehead atoms. The molecule has 0 saturated carbocycles. The lowest BCUT2D eigenvalue weighted by Gasteiger charge is -2.07. The molecule has 3 rings (SSSR count). The van der Waals surface area contributed by atoms with Crippen LogP contribution in [0.25, 0.3) is 11.6 Å². The summed E-state index contributed by atoms with van der Waals surface area (Å²) >= 11 is 0. The molecule has 0 aliphatic rings. The van der Waals surface area contributed by atoms with Crippen LogP contribution in [-0.2, 0) is 0 Å². The van der Waals surface area contributed by atoms with Crippen molar-refractivity contribution in [2.24, 2.45) is 0 Å². The summed E-state index contributed by atoms with van der Waals surface area (Å²) in [6.45, 7) is 0. The number of carbonyl (C=O) groups is 1. The quantitative estimate of drug-likeness (QED) is 0.280. The maximum absolute atomic E-state index is 12.1. The highest BCUT2D eigenvalue weighted by atomic mass is 16.5. The number of methoxy groups -OCH3 is 1. The molecule has 0 aromatic heterocycles. The molecule has 132 valence electrons. The maximum atomic E-state index is 12.1. The van der Waals surface area contributed by atoms with Gasteiger partial charge in [0.1, 0.15) is 11.5 Å². The van der Waals surface area contributed by atoms with Gasteiger partial charge in [0.25, 0.3) is 0 Å². The van der Waals surface area contributed by atoms with Crippen LogP contribution >= 0.6 is 0 Å². The standard InChI is InChI=1S/C23H17NO3/c1-26-22-10-6-5-9-21(22)19(16-24)15-17-11-13-20(14-12-17)27-23(25)18-7-3-2-4-8-18/h2-15H,1H3/b19-15-. The maximum Gasteiger partial charge on any atom is 0.343 e. The first-order valence-electron chi connectivity index (χ1n) is 8.34. The van der Waals surface area contributed by atoms with Crippen molar-refractivity contribution in [3.05, 3.63) is 95.6 Å². The number of allylic oxidation sites excluding steroid dienone is 1. The SMILES string of the molecule is COc1ccccc1/C(C#N)=C\c1ccc(OC(=O)c2ccccc2)cc1. The van der Waals surface area contributed by atoms with Gasteiger partial charge < -0.3 is 9.47 Å². The van der Waals surface area contributed by atoms with Crippen LogP contribution in [0.2, 0.25) is 0 Å². The summed E-state index contributed by atoms with van der Waals surface area (Å²) in [4.78, 5) is 12.1. The van der Waals surface area contributed by atoms with Crippen LogP contribution in [0.15, 0.2) is 78.9 Å². The molecule has 0 atom stereocenters. The highest BCUT2D eigenvalue weighted by Gasteiger charge is 2.09. The third-order valence-electron chi connectivity index (χ3n) is 3.93. The fraction of sp³-hybridized carbons (Fsp3) is 0.0435. The van der Waals surface area contributed by atoms with Crippen molar-refractivity contribution in [2.45, 2.75) is 0 Å². The Bertz CT molecular complexity index is 1000. The normalized spacial score (nSPS) is 10.7. The molecule has 0 aliphatic carbocycles. The second kappa shape index (κ2) is 8.50. The molecule has 0 aliphatic heterocycles. The minimum atomic E-state index is -0.411. The van der Waals surface area contributed by atoms with E-state index >= 15 is 0 Å². The van der Waals surface area contributed by atoms with Crippen molar-refractivity contribution >= 4 is 17.6 Å². The topological polar surface area (TPSA) is 59.3 Å². The summed E-state index contributed by atoms with van der Waals surface area (Å²) in [5.74, 6) is 0.668. The van der Waals surface area contributed by atoms with Gasteiger partial charge in [0, 0.05) is 5.56 Å². The number of rotatable bonds is 5. The number of hydrogen-bond donors (Lipinski definition) is 0. The van der Waals surface area contributed by atoms with Gasteiger partial charge in [-0.3, -0.25) is 0 Å². The Morgan fingerprint density at radius 1 is 0.926 bits per heavy atom. The van der Waals surface area contributed by atoms with Gasteiger partial charge in [-0.15, -0.1) is 0 Å². The minimum Gasteiger partial charge on any atom is -0.496 e. The van der Waals surface area contributed by atoms with Gasteiger partial charge in [0.2, 0.25) is 0 Å². The molecule has 0 heterocycles. The molecule has 0 saturated heterocycles. The van der Waals surface area contributed by atoms with E-state index in [0.29, 0.717) is 22.6 Å². The predicted octanol–water partition coefficient (Wildman–Crippen LogP) is 4.98. The number of para-hydroxylation sites is 1. The Labute approximate surface area is 157 Å². The van der Waals surface area contributed by atoms with E-state index in [1.807, 2.05) is 30.3 Å². The van der Waals surface area contributed by atoms with Crippen molar-refractivity contribution < 1.29 is 14.3 Å². The molecule has 3 aromatic carbocycles. The van der Waals surface area contributed by atoms with Gasteiger partial charge in [-0.1, -0.05) is 42.5 Å². The lowest BCUT2D eigenvalue weighted by atomic mass is 10.0. The molecule has 0 radical (unpaired) electrons. The number of ether oxygens (including phenoxy) is 2. The van der Waals surface area contributed by atoms with Crippen LogP contribution in [0.1, 0.15) is 21.5 Å². The zero-order valence-corrected chi connectivity index (χ0v) is 14.8. The number of nitriles is 1. The molecule has 4 nitrogen and oxygen atoms in total. The summed E-state index contributed by atoms with van der Waals surface area (Å²) in [7, 11) is 1.57. The Morgan fingerprint density at radius 2 is 1.59 bits per heavy atom. The first-order chi connectivity index (χ1) is 13.2. The predicted molar refractivity (Wildman–Crippen MR) is 104 cm³/mol. The molecule has 0 N–H and O–H groups in total. The zero-order chi connectivity index (χ0) is 19.1. The number of benzene rings is 3. The molecule has 27 heavy (non-hydrogen) atoms. The average Bonchev–Trinajstić information content (AvgIpc) is 2.73. The molecule has 3 aromatic rings. The lowest BCUT2D eigenvalue weighted by Crippen LogP contribution is -2.07. The summed E-state index contributed by atoms with van der Waals surface area (Å²) in [5, 5.41) is 9.52. The number of nitrogens with zero attached hydrogens (tertiary/aromatic N) is 1. The van der Waals surface area contributed by atoms with E-state index < -0.39 is 5.97 Å². The van der Waals surface area contributed by atoms with Gasteiger partial charge in [0.15, 0.2) is 0 Å². The molecule has 0 spiro atoms. The Morgan fingerprint density at radius 3 is 2.26 bits per heavy atom. The largest absolute Gasteiger partial charge is 0.496 e. The van der Waals surface area contributed by atoms with E-state index in [0.717, 1.165) is 11.1 Å². The monoisotopic (exact) mass is 355 g/mol. The fourth-order valence-electron chi connectivity index (χ4n) is 2.58. The second-order valence-electron chi connectivity index (χ2n) is 5.69. The van der Waals surface area contributed by atoms with Crippen LogP contribution in [0.5, 0.6) is 11.5 Å². The van der Waals surface area contributed by atoms with Gasteiger partial charge in [-0.05, 0) is 48.0 Å². The van der Waals surface area contributed by atoms with E-state index in [1.165, 1.54) is 0 Å². The van der Waals surface area contributed by atoms with E-state index in [1.54, 1.807) is 61.7 Å². The lowest BCUT2D eigenvalue weighted by molar-refractivity contribution is 0.0735. The third-order valence-corrected chi connectivity index (χ3v) is 3.93. The van der Waals surface area contributed by atoms with Gasteiger partial charge in [-0.25, -0.2) is 4.79 Å². The van der Waals surface area contributed by atoms with Gasteiger partial charge in [-0.2, -0.15) is 5.26 Å². The Kier molecular flexibility index (Phi) is 5.66. The molecule has 4 heteroatoms. The van der Waals surface area contributed by atoms with Crippen molar-refractivity contribution in [2.75, 3.05) is 7.11 Å².